The van der Waals surface area contributed by atoms with Crippen molar-refractivity contribution in [1.82, 2.24) is 4.90 Å². The van der Waals surface area contributed by atoms with Crippen LogP contribution in [-0.4, -0.2) is 59.5 Å². The second-order valence-electron chi connectivity index (χ2n) is 18.2. The number of rotatable bonds is 9. The Morgan fingerprint density at radius 1 is 0.797 bits per heavy atom. The first-order valence-corrected chi connectivity index (χ1v) is 20.7. The lowest BCUT2D eigenvalue weighted by atomic mass is 9.32. The highest BCUT2D eigenvalue weighted by molar-refractivity contribution is 6.10. The van der Waals surface area contributed by atoms with E-state index in [0.29, 0.717) is 66.9 Å². The van der Waals surface area contributed by atoms with Gasteiger partial charge in [-0.2, -0.15) is 0 Å². The highest BCUT2D eigenvalue weighted by Gasteiger charge is 2.74. The van der Waals surface area contributed by atoms with Crippen molar-refractivity contribution in [2.45, 2.75) is 77.0 Å². The molecule has 1 amide bonds. The lowest BCUT2D eigenvalue weighted by Gasteiger charge is -2.71. The number of nitrogens with zero attached hydrogens (tertiary/aromatic N) is 1. The summed E-state index contributed by atoms with van der Waals surface area (Å²) in [7, 11) is 3.13. The van der Waals surface area contributed by atoms with E-state index in [2.05, 4.69) is 26.0 Å². The fourth-order valence-corrected chi connectivity index (χ4v) is 12.5. The lowest BCUT2D eigenvalue weighted by Crippen LogP contribution is -2.67. The molecule has 0 radical (unpaired) electrons. The maximum atomic E-state index is 14.8. The third-order valence-corrected chi connectivity index (χ3v) is 15.6. The van der Waals surface area contributed by atoms with E-state index in [1.165, 1.54) is 6.07 Å². The summed E-state index contributed by atoms with van der Waals surface area (Å²) in [5.41, 5.74) is -2.65. The Balaban J connectivity index is 1.11. The number of carbonyl (C=O) groups is 2. The van der Waals surface area contributed by atoms with Crippen LogP contribution >= 0.6 is 0 Å². The van der Waals surface area contributed by atoms with Crippen LogP contribution < -0.4 is 14.2 Å². The summed E-state index contributed by atoms with van der Waals surface area (Å²) in [6.45, 7) is 4.38. The van der Waals surface area contributed by atoms with E-state index < -0.39 is 45.7 Å². The zero-order valence-electron chi connectivity index (χ0n) is 34.0. The first-order chi connectivity index (χ1) is 28.2. The maximum Gasteiger partial charge on any atom is 0.415 e. The molecular formula is C49H51F2NO7. The molecule has 0 aliphatic heterocycles. The quantitative estimate of drug-likeness (QED) is 0.128. The van der Waals surface area contributed by atoms with E-state index in [0.717, 1.165) is 29.3 Å². The van der Waals surface area contributed by atoms with Crippen molar-refractivity contribution in [3.63, 3.8) is 0 Å². The van der Waals surface area contributed by atoms with Crippen molar-refractivity contribution in [1.29, 1.82) is 0 Å². The van der Waals surface area contributed by atoms with Crippen LogP contribution in [0.3, 0.4) is 0 Å². The molecule has 8 atom stereocenters. The third-order valence-electron chi connectivity index (χ3n) is 15.6. The minimum atomic E-state index is -1.42. The van der Waals surface area contributed by atoms with Gasteiger partial charge < -0.3 is 29.3 Å². The van der Waals surface area contributed by atoms with Gasteiger partial charge in [0.25, 0.3) is 0 Å². The average molecular weight is 804 g/mol. The molecule has 4 aromatic carbocycles. The van der Waals surface area contributed by atoms with Crippen LogP contribution in [0.1, 0.15) is 74.7 Å². The van der Waals surface area contributed by atoms with Crippen LogP contribution in [-0.2, 0) is 6.54 Å². The molecule has 308 valence electrons. The molecule has 3 fully saturated rings. The van der Waals surface area contributed by atoms with Crippen LogP contribution in [0.2, 0.25) is 0 Å². The zero-order valence-corrected chi connectivity index (χ0v) is 34.0. The van der Waals surface area contributed by atoms with E-state index in [9.17, 15) is 28.6 Å². The minimum absolute atomic E-state index is 0.0142. The van der Waals surface area contributed by atoms with Gasteiger partial charge in [0, 0.05) is 39.0 Å². The molecule has 10 heteroatoms. The molecule has 8 nitrogen and oxygen atoms in total. The molecule has 0 heterocycles. The number of hydrogen-bond acceptors (Lipinski definition) is 7. The van der Waals surface area contributed by atoms with Crippen molar-refractivity contribution in [2.24, 2.45) is 33.5 Å². The summed E-state index contributed by atoms with van der Waals surface area (Å²) in [5.74, 6) is -1.26. The smallest absolute Gasteiger partial charge is 0.415 e. The average Bonchev–Trinajstić information content (AvgIpc) is 3.50. The first-order valence-electron chi connectivity index (χ1n) is 20.7. The number of amides is 1. The fourth-order valence-electron chi connectivity index (χ4n) is 12.5. The summed E-state index contributed by atoms with van der Waals surface area (Å²) in [6.07, 6.45) is 9.35. The molecule has 0 saturated heterocycles. The monoisotopic (exact) mass is 803 g/mol. The number of methoxy groups -OCH3 is 2. The fraction of sp³-hybridized carbons (Fsp3) is 0.429. The van der Waals surface area contributed by atoms with E-state index >= 15 is 0 Å². The molecule has 6 aliphatic carbocycles. The molecule has 2 spiro atoms. The number of allylic oxidation sites excluding steroid dienone is 4. The van der Waals surface area contributed by atoms with Gasteiger partial charge in [0.1, 0.15) is 17.2 Å². The molecule has 2 bridgehead atoms. The van der Waals surface area contributed by atoms with Crippen LogP contribution in [0.4, 0.5) is 13.6 Å². The highest BCUT2D eigenvalue weighted by Crippen LogP contribution is 2.78. The normalized spacial score (nSPS) is 32.7. The Kier molecular flexibility index (Phi) is 9.36. The van der Waals surface area contributed by atoms with Gasteiger partial charge in [0.05, 0.1) is 39.0 Å². The van der Waals surface area contributed by atoms with Gasteiger partial charge in [0.15, 0.2) is 17.4 Å². The number of Topliss-reactive ketones (excluding diaryl/α,β-unsaturated/α-hetero) is 1. The highest BCUT2D eigenvalue weighted by atomic mass is 19.2. The number of aliphatic hydroxyl groups is 2. The summed E-state index contributed by atoms with van der Waals surface area (Å²) in [5, 5.41) is 26.2. The topological polar surface area (TPSA) is 106 Å². The standard InChI is InChI=1S/C49H51F2NO7/c1-45-18-15-34(53)26-47(45)21-22-49(37(27-47)43(54)32-11-14-38(50)39(51)24-32)41(45)16-19-46(2)42(49)17-20-48(46,56)29-52(28-33-10-12-35(57-3)25-40(33)58-4)44(55)59-36-13-9-30-7-5-6-8-31(30)23-36/h5-14,21-25,27,34,41-42,53,56H,15-20,26,28-29H2,1-4H3. The van der Waals surface area contributed by atoms with Gasteiger partial charge in [-0.1, -0.05) is 62.4 Å². The second kappa shape index (κ2) is 14.0. The second-order valence-corrected chi connectivity index (χ2v) is 18.2. The number of benzene rings is 4. The maximum absolute atomic E-state index is 14.8. The number of ketones is 1. The van der Waals surface area contributed by atoms with Crippen LogP contribution in [0, 0.1) is 45.1 Å². The minimum Gasteiger partial charge on any atom is -0.497 e. The Morgan fingerprint density at radius 2 is 1.53 bits per heavy atom. The Morgan fingerprint density at radius 3 is 2.29 bits per heavy atom. The predicted molar refractivity (Wildman–Crippen MR) is 219 cm³/mol. The first kappa shape index (κ1) is 39.4. The molecule has 10 rings (SSSR count). The van der Waals surface area contributed by atoms with Gasteiger partial charge in [-0.25, -0.2) is 13.6 Å². The predicted octanol–water partition coefficient (Wildman–Crippen LogP) is 9.61. The van der Waals surface area contributed by atoms with Crippen molar-refractivity contribution in [3.05, 3.63) is 125 Å². The number of hydrogen-bond donors (Lipinski definition) is 2. The van der Waals surface area contributed by atoms with E-state index in [4.69, 9.17) is 14.2 Å². The van der Waals surface area contributed by atoms with E-state index in [-0.39, 0.29) is 41.7 Å². The Labute approximate surface area is 343 Å². The number of carbonyl (C=O) groups excluding carboxylic acids is 2. The number of fused-ring (bicyclic) bond motifs is 2. The van der Waals surface area contributed by atoms with Crippen molar-refractivity contribution in [2.75, 3.05) is 20.8 Å². The van der Waals surface area contributed by atoms with Gasteiger partial charge in [-0.3, -0.25) is 4.79 Å². The molecule has 0 aromatic heterocycles. The summed E-state index contributed by atoms with van der Waals surface area (Å²) >= 11 is 0. The Bertz CT molecular complexity index is 2430. The van der Waals surface area contributed by atoms with E-state index in [1.54, 1.807) is 37.3 Å². The van der Waals surface area contributed by atoms with Gasteiger partial charge in [-0.15, -0.1) is 0 Å². The van der Waals surface area contributed by atoms with Crippen molar-refractivity contribution < 1.29 is 42.8 Å². The number of ether oxygens (including phenoxy) is 3. The zero-order chi connectivity index (χ0) is 41.5. The third kappa shape index (κ3) is 5.87. The largest absolute Gasteiger partial charge is 0.497 e. The van der Waals surface area contributed by atoms with Gasteiger partial charge in [0.2, 0.25) is 0 Å². The van der Waals surface area contributed by atoms with Crippen molar-refractivity contribution >= 4 is 22.6 Å². The van der Waals surface area contributed by atoms with Crippen LogP contribution in [0.15, 0.2) is 103 Å². The molecule has 3 saturated carbocycles. The molecule has 59 heavy (non-hydrogen) atoms. The molecule has 8 unspecified atom stereocenters. The van der Waals surface area contributed by atoms with E-state index in [1.807, 2.05) is 48.5 Å². The molecule has 4 aromatic rings. The van der Waals surface area contributed by atoms with Crippen molar-refractivity contribution in [3.8, 4) is 17.2 Å². The SMILES string of the molecule is COc1ccc(CN(CC2(O)CCC3C45C=CC6(C=C4C(=O)c4ccc(F)c(F)c4)CC(O)CCC6(C)C5CCC32C)C(=O)Oc2ccc3ccccc3c2)c(OC)c1. The van der Waals surface area contributed by atoms with Gasteiger partial charge >= 0.3 is 6.09 Å². The summed E-state index contributed by atoms with van der Waals surface area (Å²) < 4.78 is 46.2. The Hall–Kier alpha value is -5.06. The summed E-state index contributed by atoms with van der Waals surface area (Å²) in [6, 6.07) is 22.0. The molecular weight excluding hydrogens is 753 g/mol. The number of halogens is 2. The summed E-state index contributed by atoms with van der Waals surface area (Å²) in [4.78, 5) is 30.9. The van der Waals surface area contributed by atoms with Crippen LogP contribution in [0.25, 0.3) is 10.8 Å². The number of aliphatic hydroxyl groups excluding tert-OH is 1. The molecule has 6 aliphatic rings. The van der Waals surface area contributed by atoms with Crippen LogP contribution in [0.5, 0.6) is 17.2 Å². The lowest BCUT2D eigenvalue weighted by molar-refractivity contribution is -0.175. The molecule has 2 N–H and O–H groups in total. The van der Waals surface area contributed by atoms with Gasteiger partial charge in [-0.05, 0) is 115 Å².